The molecule has 0 saturated carbocycles. The van der Waals surface area contributed by atoms with E-state index in [1.54, 1.807) is 4.90 Å². The van der Waals surface area contributed by atoms with Crippen molar-refractivity contribution in [1.82, 2.24) is 0 Å². The Morgan fingerprint density at radius 3 is 2.54 bits per heavy atom. The van der Waals surface area contributed by atoms with Crippen molar-refractivity contribution in [3.8, 4) is 0 Å². The van der Waals surface area contributed by atoms with Gasteiger partial charge in [-0.2, -0.15) is 0 Å². The zero-order chi connectivity index (χ0) is 18.1. The number of rotatable bonds is 3. The van der Waals surface area contributed by atoms with Crippen molar-refractivity contribution in [1.29, 1.82) is 0 Å². The van der Waals surface area contributed by atoms with Gasteiger partial charge >= 0.3 is 0 Å². The predicted octanol–water partition coefficient (Wildman–Crippen LogP) is 4.44. The van der Waals surface area contributed by atoms with Gasteiger partial charge in [-0.05, 0) is 58.3 Å². The summed E-state index contributed by atoms with van der Waals surface area (Å²) in [6, 6.07) is 21.5. The second-order valence-electron chi connectivity index (χ2n) is 6.40. The van der Waals surface area contributed by atoms with Gasteiger partial charge in [-0.15, -0.1) is 0 Å². The van der Waals surface area contributed by atoms with Crippen molar-refractivity contribution in [3.63, 3.8) is 0 Å². The first kappa shape index (κ1) is 17.0. The number of nitrogens with one attached hydrogen (secondary N) is 1. The number of hydrogen-bond donors (Lipinski definition) is 1. The first-order valence-electron chi connectivity index (χ1n) is 8.46. The quantitative estimate of drug-likeness (QED) is 0.593. The maximum Gasteiger partial charge on any atom is 0.229 e. The van der Waals surface area contributed by atoms with Crippen molar-refractivity contribution < 1.29 is 9.59 Å². The number of fused-ring (bicyclic) bond motifs is 1. The molecule has 1 atom stereocenters. The van der Waals surface area contributed by atoms with Crippen molar-refractivity contribution in [2.75, 3.05) is 16.8 Å². The molecule has 2 amide bonds. The molecule has 4 nitrogen and oxygen atoms in total. The van der Waals surface area contributed by atoms with E-state index in [0.29, 0.717) is 6.54 Å². The van der Waals surface area contributed by atoms with E-state index in [-0.39, 0.29) is 24.2 Å². The highest BCUT2D eigenvalue weighted by Crippen LogP contribution is 2.32. The molecule has 0 bridgehead atoms. The molecule has 4 rings (SSSR count). The third kappa shape index (κ3) is 3.31. The minimum absolute atomic E-state index is 0.0101. The molecule has 1 fully saturated rings. The normalized spacial score (nSPS) is 16.9. The summed E-state index contributed by atoms with van der Waals surface area (Å²) in [6.45, 7) is 0.406. The Kier molecular flexibility index (Phi) is 4.63. The number of benzene rings is 3. The highest BCUT2D eigenvalue weighted by molar-refractivity contribution is 14.1. The maximum absolute atomic E-state index is 12.6. The Bertz CT molecular complexity index is 979. The average Bonchev–Trinajstić information content (AvgIpc) is 3.05. The van der Waals surface area contributed by atoms with E-state index in [1.807, 2.05) is 66.7 Å². The van der Waals surface area contributed by atoms with Gasteiger partial charge in [0, 0.05) is 27.6 Å². The monoisotopic (exact) mass is 456 g/mol. The number of carbonyl (C=O) groups is 2. The summed E-state index contributed by atoms with van der Waals surface area (Å²) in [5, 5.41) is 5.04. The molecule has 5 heteroatoms. The Morgan fingerprint density at radius 1 is 1.00 bits per heavy atom. The Hall–Kier alpha value is -2.41. The first-order valence-corrected chi connectivity index (χ1v) is 9.54. The molecule has 0 unspecified atom stereocenters. The number of carbonyl (C=O) groups excluding carboxylic acids is 2. The molecule has 130 valence electrons. The van der Waals surface area contributed by atoms with Gasteiger partial charge in [0.2, 0.25) is 11.8 Å². The molecule has 3 aromatic rings. The summed E-state index contributed by atoms with van der Waals surface area (Å²) in [7, 11) is 0. The third-order valence-electron chi connectivity index (χ3n) is 4.67. The van der Waals surface area contributed by atoms with Crippen molar-refractivity contribution in [3.05, 3.63) is 70.3 Å². The molecule has 1 N–H and O–H groups in total. The van der Waals surface area contributed by atoms with Crippen LogP contribution in [0.25, 0.3) is 10.8 Å². The summed E-state index contributed by atoms with van der Waals surface area (Å²) < 4.78 is 1.11. The van der Waals surface area contributed by atoms with Crippen LogP contribution in [0.5, 0.6) is 0 Å². The minimum atomic E-state index is -0.347. The molecule has 0 aromatic heterocycles. The lowest BCUT2D eigenvalue weighted by Crippen LogP contribution is -2.28. The highest BCUT2D eigenvalue weighted by Gasteiger charge is 2.35. The summed E-state index contributed by atoms with van der Waals surface area (Å²) in [4.78, 5) is 26.9. The highest BCUT2D eigenvalue weighted by atomic mass is 127. The topological polar surface area (TPSA) is 49.4 Å². The number of halogens is 1. The molecule has 0 radical (unpaired) electrons. The van der Waals surface area contributed by atoms with Crippen LogP contribution in [0.3, 0.4) is 0 Å². The molecule has 1 aliphatic heterocycles. The fourth-order valence-electron chi connectivity index (χ4n) is 3.34. The van der Waals surface area contributed by atoms with Gasteiger partial charge in [0.15, 0.2) is 0 Å². The van der Waals surface area contributed by atoms with Gasteiger partial charge in [-0.3, -0.25) is 9.59 Å². The lowest BCUT2D eigenvalue weighted by molar-refractivity contribution is -0.122. The fourth-order valence-corrected chi connectivity index (χ4v) is 3.70. The van der Waals surface area contributed by atoms with E-state index in [1.165, 1.54) is 0 Å². The van der Waals surface area contributed by atoms with E-state index in [4.69, 9.17) is 0 Å². The largest absolute Gasteiger partial charge is 0.326 e. The van der Waals surface area contributed by atoms with Gasteiger partial charge < -0.3 is 10.2 Å². The summed E-state index contributed by atoms with van der Waals surface area (Å²) in [6.07, 6.45) is 0.236. The minimum Gasteiger partial charge on any atom is -0.326 e. The summed E-state index contributed by atoms with van der Waals surface area (Å²) >= 11 is 2.22. The van der Waals surface area contributed by atoms with Crippen LogP contribution >= 0.6 is 22.6 Å². The van der Waals surface area contributed by atoms with Crippen LogP contribution in [0, 0.1) is 9.49 Å². The SMILES string of the molecule is O=C(Nc1ccc(I)cc1)[C@@H]1CC(=O)N(c2cccc3ccccc23)C1. The second kappa shape index (κ2) is 7.07. The van der Waals surface area contributed by atoms with Crippen LogP contribution in [-0.4, -0.2) is 18.4 Å². The van der Waals surface area contributed by atoms with Crippen LogP contribution in [0.4, 0.5) is 11.4 Å². The molecule has 1 heterocycles. The summed E-state index contributed by atoms with van der Waals surface area (Å²) in [5.41, 5.74) is 1.63. The number of hydrogen-bond acceptors (Lipinski definition) is 2. The predicted molar refractivity (Wildman–Crippen MR) is 112 cm³/mol. The lowest BCUT2D eigenvalue weighted by atomic mass is 10.1. The smallest absolute Gasteiger partial charge is 0.229 e. The van der Waals surface area contributed by atoms with Gasteiger partial charge in [0.05, 0.1) is 11.6 Å². The van der Waals surface area contributed by atoms with Crippen LogP contribution in [-0.2, 0) is 9.59 Å². The maximum atomic E-state index is 12.6. The summed E-state index contributed by atoms with van der Waals surface area (Å²) in [5.74, 6) is -0.466. The third-order valence-corrected chi connectivity index (χ3v) is 5.38. The van der Waals surface area contributed by atoms with Crippen LogP contribution < -0.4 is 10.2 Å². The molecular formula is C21H17IN2O2. The number of nitrogens with zero attached hydrogens (tertiary/aromatic N) is 1. The Morgan fingerprint density at radius 2 is 1.73 bits per heavy atom. The molecule has 0 spiro atoms. The molecule has 1 aliphatic rings. The van der Waals surface area contributed by atoms with Crippen LogP contribution in [0.1, 0.15) is 6.42 Å². The second-order valence-corrected chi connectivity index (χ2v) is 7.65. The van der Waals surface area contributed by atoms with Crippen molar-refractivity contribution in [2.45, 2.75) is 6.42 Å². The lowest BCUT2D eigenvalue weighted by Gasteiger charge is -2.19. The van der Waals surface area contributed by atoms with Gasteiger partial charge in [-0.1, -0.05) is 36.4 Å². The molecule has 0 aliphatic carbocycles. The standard InChI is InChI=1S/C21H17IN2O2/c22-16-8-10-17(11-9-16)23-21(26)15-12-20(25)24(13-15)19-7-3-5-14-4-1-2-6-18(14)19/h1-11,15H,12-13H2,(H,23,26)/t15-/m1/s1. The zero-order valence-corrected chi connectivity index (χ0v) is 16.1. The van der Waals surface area contributed by atoms with E-state index in [0.717, 1.165) is 25.7 Å². The Balaban J connectivity index is 1.55. The van der Waals surface area contributed by atoms with Crippen LogP contribution in [0.15, 0.2) is 66.7 Å². The first-order chi connectivity index (χ1) is 12.6. The van der Waals surface area contributed by atoms with Gasteiger partial charge in [0.1, 0.15) is 0 Å². The number of anilines is 2. The molecule has 26 heavy (non-hydrogen) atoms. The van der Waals surface area contributed by atoms with Crippen molar-refractivity contribution in [2.24, 2.45) is 5.92 Å². The van der Waals surface area contributed by atoms with Gasteiger partial charge in [0.25, 0.3) is 0 Å². The van der Waals surface area contributed by atoms with E-state index in [2.05, 4.69) is 27.9 Å². The number of amides is 2. The molecule has 1 saturated heterocycles. The molecule has 3 aromatic carbocycles. The van der Waals surface area contributed by atoms with Crippen molar-refractivity contribution >= 4 is 56.6 Å². The fraction of sp³-hybridized carbons (Fsp3) is 0.143. The average molecular weight is 456 g/mol. The molecular weight excluding hydrogens is 439 g/mol. The Labute approximate surface area is 165 Å². The zero-order valence-electron chi connectivity index (χ0n) is 14.0. The van der Waals surface area contributed by atoms with E-state index < -0.39 is 0 Å². The van der Waals surface area contributed by atoms with Crippen LogP contribution in [0.2, 0.25) is 0 Å². The van der Waals surface area contributed by atoms with E-state index >= 15 is 0 Å². The van der Waals surface area contributed by atoms with Gasteiger partial charge in [-0.25, -0.2) is 0 Å². The van der Waals surface area contributed by atoms with E-state index in [9.17, 15) is 9.59 Å².